The van der Waals surface area contributed by atoms with Crippen LogP contribution < -0.4 is 10.2 Å². The zero-order valence-electron chi connectivity index (χ0n) is 11.4. The number of aromatic nitrogens is 1. The van der Waals surface area contributed by atoms with Gasteiger partial charge in [-0.2, -0.15) is 5.26 Å². The number of nitrogens with zero attached hydrogens (tertiary/aromatic N) is 3. The van der Waals surface area contributed by atoms with Gasteiger partial charge in [-0.05, 0) is 37.8 Å². The highest BCUT2D eigenvalue weighted by atomic mass is 16.2. The van der Waals surface area contributed by atoms with E-state index >= 15 is 0 Å². The Balaban J connectivity index is 1.58. The van der Waals surface area contributed by atoms with E-state index in [2.05, 4.69) is 21.3 Å². The number of amides is 1. The summed E-state index contributed by atoms with van der Waals surface area (Å²) in [6.45, 7) is 1.71. The number of nitriles is 1. The van der Waals surface area contributed by atoms with Gasteiger partial charge in [-0.3, -0.25) is 4.79 Å². The van der Waals surface area contributed by atoms with Crippen LogP contribution in [-0.4, -0.2) is 30.0 Å². The Morgan fingerprint density at radius 2 is 2.10 bits per heavy atom. The average molecular weight is 270 g/mol. The maximum absolute atomic E-state index is 11.7. The zero-order valence-corrected chi connectivity index (χ0v) is 11.4. The van der Waals surface area contributed by atoms with Crippen molar-refractivity contribution in [3.8, 4) is 6.07 Å². The average Bonchev–Trinajstić information content (AvgIpc) is 3.33. The minimum absolute atomic E-state index is 0.225. The fraction of sp³-hybridized carbons (Fsp3) is 0.533. The Bertz CT molecular complexity index is 539. The third kappa shape index (κ3) is 2.74. The van der Waals surface area contributed by atoms with Gasteiger partial charge in [0.2, 0.25) is 5.91 Å². The number of nitrogens with one attached hydrogen (secondary N) is 1. The van der Waals surface area contributed by atoms with Gasteiger partial charge in [0.1, 0.15) is 6.07 Å². The van der Waals surface area contributed by atoms with Gasteiger partial charge in [-0.25, -0.2) is 4.98 Å². The van der Waals surface area contributed by atoms with Crippen LogP contribution in [0.5, 0.6) is 0 Å². The van der Waals surface area contributed by atoms with Crippen molar-refractivity contribution in [2.75, 3.05) is 18.0 Å². The quantitative estimate of drug-likeness (QED) is 0.902. The summed E-state index contributed by atoms with van der Waals surface area (Å²) in [4.78, 5) is 18.0. The van der Waals surface area contributed by atoms with Crippen molar-refractivity contribution in [3.63, 3.8) is 0 Å². The molecule has 1 aromatic heterocycles. The molecular weight excluding hydrogens is 252 g/mol. The number of pyridine rings is 1. The highest BCUT2D eigenvalue weighted by Gasteiger charge is 2.31. The third-order valence-electron chi connectivity index (χ3n) is 4.02. The lowest BCUT2D eigenvalue weighted by molar-refractivity contribution is -0.123. The topological polar surface area (TPSA) is 69.0 Å². The molecule has 20 heavy (non-hydrogen) atoms. The molecule has 0 spiro atoms. The Kier molecular flexibility index (Phi) is 3.55. The van der Waals surface area contributed by atoms with E-state index in [0.717, 1.165) is 44.5 Å². The minimum Gasteiger partial charge on any atom is -0.369 e. The molecule has 2 aliphatic rings. The lowest BCUT2D eigenvalue weighted by Gasteiger charge is -2.34. The lowest BCUT2D eigenvalue weighted by Crippen LogP contribution is -2.45. The predicted octanol–water partition coefficient (Wildman–Crippen LogP) is 1.45. The van der Waals surface area contributed by atoms with E-state index in [1.54, 1.807) is 6.20 Å². The molecule has 3 rings (SSSR count). The molecule has 1 saturated carbocycles. The second kappa shape index (κ2) is 5.49. The van der Waals surface area contributed by atoms with Crippen molar-refractivity contribution < 1.29 is 4.79 Å². The summed E-state index contributed by atoms with van der Waals surface area (Å²) in [5.74, 6) is 0.499. The normalized spacial score (nSPS) is 19.4. The summed E-state index contributed by atoms with van der Waals surface area (Å²) in [6, 6.07) is 6.21. The van der Waals surface area contributed by atoms with Crippen LogP contribution in [0.4, 0.5) is 5.69 Å². The predicted molar refractivity (Wildman–Crippen MR) is 75.1 cm³/mol. The molecule has 104 valence electrons. The number of rotatable bonds is 3. The molecule has 0 radical (unpaired) electrons. The van der Waals surface area contributed by atoms with Crippen LogP contribution in [0.15, 0.2) is 18.3 Å². The van der Waals surface area contributed by atoms with Crippen molar-refractivity contribution in [1.29, 1.82) is 5.26 Å². The first-order valence-electron chi connectivity index (χ1n) is 7.18. The molecular formula is C15H18N4O. The molecule has 1 aliphatic carbocycles. The molecule has 0 atom stereocenters. The van der Waals surface area contributed by atoms with Crippen molar-refractivity contribution in [2.24, 2.45) is 5.92 Å². The molecule has 1 N–H and O–H groups in total. The SMILES string of the molecule is N#Cc1ncccc1N1CCC(NC(=O)C2CC2)CC1. The molecule has 1 amide bonds. The van der Waals surface area contributed by atoms with Gasteiger partial charge in [0.25, 0.3) is 0 Å². The Labute approximate surface area is 118 Å². The fourth-order valence-electron chi connectivity index (χ4n) is 2.67. The van der Waals surface area contributed by atoms with Gasteiger partial charge in [0.05, 0.1) is 5.69 Å². The van der Waals surface area contributed by atoms with Crippen molar-refractivity contribution in [2.45, 2.75) is 31.7 Å². The number of hydrogen-bond acceptors (Lipinski definition) is 4. The summed E-state index contributed by atoms with van der Waals surface area (Å²) in [7, 11) is 0. The lowest BCUT2D eigenvalue weighted by atomic mass is 10.0. The number of carbonyl (C=O) groups is 1. The maximum atomic E-state index is 11.7. The first-order valence-corrected chi connectivity index (χ1v) is 7.18. The number of anilines is 1. The van der Waals surface area contributed by atoms with Crippen LogP contribution in [0, 0.1) is 17.2 Å². The fourth-order valence-corrected chi connectivity index (χ4v) is 2.67. The zero-order chi connectivity index (χ0) is 13.9. The molecule has 1 saturated heterocycles. The highest BCUT2D eigenvalue weighted by molar-refractivity contribution is 5.81. The highest BCUT2D eigenvalue weighted by Crippen LogP contribution is 2.29. The number of carbonyl (C=O) groups excluding carboxylic acids is 1. The van der Waals surface area contributed by atoms with Gasteiger partial charge < -0.3 is 10.2 Å². The molecule has 2 heterocycles. The summed E-state index contributed by atoms with van der Waals surface area (Å²) in [5, 5.41) is 12.2. The van der Waals surface area contributed by atoms with E-state index in [9.17, 15) is 4.79 Å². The van der Waals surface area contributed by atoms with Crippen molar-refractivity contribution in [1.82, 2.24) is 10.3 Å². The monoisotopic (exact) mass is 270 g/mol. The van der Waals surface area contributed by atoms with E-state index in [1.807, 2.05) is 12.1 Å². The van der Waals surface area contributed by atoms with E-state index < -0.39 is 0 Å². The van der Waals surface area contributed by atoms with Crippen LogP contribution in [-0.2, 0) is 4.79 Å². The standard InChI is InChI=1S/C15H18N4O/c16-10-13-14(2-1-7-17-13)19-8-5-12(6-9-19)18-15(20)11-3-4-11/h1-2,7,11-12H,3-6,8-9H2,(H,18,20). The summed E-state index contributed by atoms with van der Waals surface area (Å²) in [5.41, 5.74) is 1.38. The van der Waals surface area contributed by atoms with Gasteiger partial charge in [0.15, 0.2) is 5.69 Å². The van der Waals surface area contributed by atoms with Crippen LogP contribution in [0.2, 0.25) is 0 Å². The number of piperidine rings is 1. The molecule has 0 unspecified atom stereocenters. The van der Waals surface area contributed by atoms with Crippen molar-refractivity contribution in [3.05, 3.63) is 24.0 Å². The number of hydrogen-bond donors (Lipinski definition) is 1. The van der Waals surface area contributed by atoms with Crippen LogP contribution in [0.3, 0.4) is 0 Å². The van der Waals surface area contributed by atoms with E-state index in [4.69, 9.17) is 5.26 Å². The van der Waals surface area contributed by atoms with E-state index in [-0.39, 0.29) is 17.9 Å². The molecule has 1 aromatic rings. The molecule has 2 fully saturated rings. The molecule has 0 bridgehead atoms. The van der Waals surface area contributed by atoms with Gasteiger partial charge in [0, 0.05) is 31.2 Å². The first-order chi connectivity index (χ1) is 9.78. The molecule has 5 heteroatoms. The Morgan fingerprint density at radius 3 is 2.75 bits per heavy atom. The minimum atomic E-state index is 0.225. The first kappa shape index (κ1) is 12.9. The summed E-state index contributed by atoms with van der Waals surface area (Å²) in [6.07, 6.45) is 5.60. The molecule has 0 aromatic carbocycles. The van der Waals surface area contributed by atoms with Crippen LogP contribution in [0.1, 0.15) is 31.4 Å². The van der Waals surface area contributed by atoms with E-state index in [1.165, 1.54) is 0 Å². The van der Waals surface area contributed by atoms with Crippen LogP contribution in [0.25, 0.3) is 0 Å². The smallest absolute Gasteiger partial charge is 0.223 e. The van der Waals surface area contributed by atoms with Gasteiger partial charge >= 0.3 is 0 Å². The van der Waals surface area contributed by atoms with Crippen molar-refractivity contribution >= 4 is 11.6 Å². The second-order valence-electron chi connectivity index (χ2n) is 5.53. The maximum Gasteiger partial charge on any atom is 0.223 e. The Morgan fingerprint density at radius 1 is 1.35 bits per heavy atom. The summed E-state index contributed by atoms with van der Waals surface area (Å²) >= 11 is 0. The summed E-state index contributed by atoms with van der Waals surface area (Å²) < 4.78 is 0. The van der Waals surface area contributed by atoms with Crippen LogP contribution >= 0.6 is 0 Å². The largest absolute Gasteiger partial charge is 0.369 e. The second-order valence-corrected chi connectivity index (χ2v) is 5.53. The Hall–Kier alpha value is -2.09. The molecule has 1 aliphatic heterocycles. The third-order valence-corrected chi connectivity index (χ3v) is 4.02. The molecule has 5 nitrogen and oxygen atoms in total. The van der Waals surface area contributed by atoms with E-state index in [0.29, 0.717) is 5.69 Å². The van der Waals surface area contributed by atoms with Gasteiger partial charge in [-0.15, -0.1) is 0 Å². The van der Waals surface area contributed by atoms with Gasteiger partial charge in [-0.1, -0.05) is 0 Å².